The van der Waals surface area contributed by atoms with Crippen molar-refractivity contribution < 1.29 is 14.7 Å². The number of carboxylic acid groups (broad SMARTS) is 1. The van der Waals surface area contributed by atoms with E-state index in [0.29, 0.717) is 16.9 Å². The number of carbonyl (C=O) groups is 2. The number of nitrogens with one attached hydrogen (secondary N) is 1. The van der Waals surface area contributed by atoms with Crippen LogP contribution in [0.2, 0.25) is 0 Å². The van der Waals surface area contributed by atoms with Crippen molar-refractivity contribution in [3.8, 4) is 0 Å². The van der Waals surface area contributed by atoms with Gasteiger partial charge >= 0.3 is 5.97 Å². The molecule has 6 heteroatoms. The van der Waals surface area contributed by atoms with E-state index in [4.69, 9.17) is 0 Å². The Bertz CT molecular complexity index is 708. The number of fused-ring (bicyclic) bond motifs is 1. The van der Waals surface area contributed by atoms with Crippen molar-refractivity contribution in [2.24, 2.45) is 0 Å². The van der Waals surface area contributed by atoms with Crippen molar-refractivity contribution in [3.63, 3.8) is 0 Å². The van der Waals surface area contributed by atoms with Gasteiger partial charge in [-0.1, -0.05) is 25.1 Å². The lowest BCUT2D eigenvalue weighted by atomic mass is 10.0. The molecule has 1 unspecified atom stereocenters. The van der Waals surface area contributed by atoms with Crippen molar-refractivity contribution in [3.05, 3.63) is 47.3 Å². The number of rotatable bonds is 3. The Labute approximate surface area is 121 Å². The first-order valence-electron chi connectivity index (χ1n) is 6.79. The summed E-state index contributed by atoms with van der Waals surface area (Å²) in [6, 6.07) is 8.81. The number of hydrogen-bond donors (Lipinski definition) is 2. The molecule has 2 heterocycles. The predicted octanol–water partition coefficient (Wildman–Crippen LogP) is 1.80. The van der Waals surface area contributed by atoms with Crippen LogP contribution < -0.4 is 4.90 Å². The lowest BCUT2D eigenvalue weighted by Gasteiger charge is -2.15. The SMILES string of the molecule is CCc1cc(C(=O)N2CC(C(=O)O)c3ccccc32)n[nH]1. The first-order chi connectivity index (χ1) is 10.1. The number of carboxylic acids is 1. The number of nitrogens with zero attached hydrogens (tertiary/aromatic N) is 2. The molecule has 1 aliphatic heterocycles. The standard InChI is InChI=1S/C15H15N3O3/c1-2-9-7-12(17-16-9)14(19)18-8-11(15(20)21)10-5-3-4-6-13(10)18/h3-7,11H,2,8H2,1H3,(H,16,17)(H,20,21). The molecule has 0 spiro atoms. The first kappa shape index (κ1) is 13.4. The average molecular weight is 285 g/mol. The van der Waals surface area contributed by atoms with Gasteiger partial charge in [0.1, 0.15) is 5.92 Å². The summed E-state index contributed by atoms with van der Waals surface area (Å²) < 4.78 is 0. The van der Waals surface area contributed by atoms with Crippen LogP contribution in [0.5, 0.6) is 0 Å². The lowest BCUT2D eigenvalue weighted by molar-refractivity contribution is -0.138. The Morgan fingerprint density at radius 3 is 2.86 bits per heavy atom. The van der Waals surface area contributed by atoms with Crippen LogP contribution in [0.4, 0.5) is 5.69 Å². The van der Waals surface area contributed by atoms with Gasteiger partial charge in [0.15, 0.2) is 5.69 Å². The van der Waals surface area contributed by atoms with Gasteiger partial charge in [0, 0.05) is 17.9 Å². The van der Waals surface area contributed by atoms with Crippen molar-refractivity contribution >= 4 is 17.6 Å². The number of para-hydroxylation sites is 1. The highest BCUT2D eigenvalue weighted by molar-refractivity contribution is 6.07. The van der Waals surface area contributed by atoms with Crippen LogP contribution in [-0.4, -0.2) is 33.7 Å². The van der Waals surface area contributed by atoms with E-state index < -0.39 is 11.9 Å². The highest BCUT2D eigenvalue weighted by Crippen LogP contribution is 2.36. The molecule has 1 atom stereocenters. The van der Waals surface area contributed by atoms with E-state index in [1.165, 1.54) is 4.90 Å². The maximum absolute atomic E-state index is 12.6. The molecule has 0 aliphatic carbocycles. The number of anilines is 1. The number of hydrogen-bond acceptors (Lipinski definition) is 3. The summed E-state index contributed by atoms with van der Waals surface area (Å²) in [5, 5.41) is 16.1. The Kier molecular flexibility index (Phi) is 3.21. The van der Waals surface area contributed by atoms with E-state index >= 15 is 0 Å². The molecule has 1 aromatic carbocycles. The molecule has 1 aromatic heterocycles. The third-order valence-electron chi connectivity index (χ3n) is 3.74. The van der Waals surface area contributed by atoms with E-state index in [-0.39, 0.29) is 12.5 Å². The van der Waals surface area contributed by atoms with Crippen molar-refractivity contribution in [2.75, 3.05) is 11.4 Å². The number of H-pyrrole nitrogens is 1. The van der Waals surface area contributed by atoms with Gasteiger partial charge in [-0.2, -0.15) is 5.10 Å². The van der Waals surface area contributed by atoms with Crippen molar-refractivity contribution in [1.82, 2.24) is 10.2 Å². The zero-order valence-corrected chi connectivity index (χ0v) is 11.5. The molecule has 0 radical (unpaired) electrons. The highest BCUT2D eigenvalue weighted by Gasteiger charge is 2.37. The molecule has 21 heavy (non-hydrogen) atoms. The maximum Gasteiger partial charge on any atom is 0.312 e. The number of aromatic amines is 1. The average Bonchev–Trinajstić information content (AvgIpc) is 3.11. The largest absolute Gasteiger partial charge is 0.481 e. The number of carbonyl (C=O) groups excluding carboxylic acids is 1. The van der Waals surface area contributed by atoms with Crippen LogP contribution in [0, 0.1) is 0 Å². The second-order valence-electron chi connectivity index (χ2n) is 5.00. The molecule has 0 fully saturated rings. The fourth-order valence-corrected chi connectivity index (χ4v) is 2.60. The first-order valence-corrected chi connectivity index (χ1v) is 6.79. The lowest BCUT2D eigenvalue weighted by Crippen LogP contribution is -2.31. The van der Waals surface area contributed by atoms with Gasteiger partial charge in [0.2, 0.25) is 0 Å². The van der Waals surface area contributed by atoms with Gasteiger partial charge in [-0.3, -0.25) is 14.7 Å². The van der Waals surface area contributed by atoms with Gasteiger partial charge in [-0.25, -0.2) is 0 Å². The Hall–Kier alpha value is -2.63. The summed E-state index contributed by atoms with van der Waals surface area (Å²) >= 11 is 0. The van der Waals surface area contributed by atoms with Crippen molar-refractivity contribution in [1.29, 1.82) is 0 Å². The second-order valence-corrected chi connectivity index (χ2v) is 5.00. The number of aliphatic carboxylic acids is 1. The zero-order chi connectivity index (χ0) is 15.0. The van der Waals surface area contributed by atoms with Gasteiger partial charge in [-0.05, 0) is 24.1 Å². The van der Waals surface area contributed by atoms with Crippen LogP contribution in [0.25, 0.3) is 0 Å². The van der Waals surface area contributed by atoms with Gasteiger partial charge < -0.3 is 10.0 Å². The van der Waals surface area contributed by atoms with Gasteiger partial charge in [0.25, 0.3) is 5.91 Å². The summed E-state index contributed by atoms with van der Waals surface area (Å²) in [5.74, 6) is -1.88. The van der Waals surface area contributed by atoms with Crippen LogP contribution in [-0.2, 0) is 11.2 Å². The highest BCUT2D eigenvalue weighted by atomic mass is 16.4. The topological polar surface area (TPSA) is 86.3 Å². The fourth-order valence-electron chi connectivity index (χ4n) is 2.60. The molecular weight excluding hydrogens is 270 g/mol. The second kappa shape index (κ2) is 5.05. The van der Waals surface area contributed by atoms with Gasteiger partial charge in [0.05, 0.1) is 0 Å². The third kappa shape index (κ3) is 2.18. The number of aromatic nitrogens is 2. The molecule has 1 aliphatic rings. The minimum absolute atomic E-state index is 0.141. The summed E-state index contributed by atoms with van der Waals surface area (Å²) in [5.41, 5.74) is 2.51. The van der Waals surface area contributed by atoms with Crippen LogP contribution in [0.15, 0.2) is 30.3 Å². The molecule has 2 aromatic rings. The molecule has 0 saturated carbocycles. The maximum atomic E-state index is 12.6. The summed E-state index contributed by atoms with van der Waals surface area (Å²) in [6.45, 7) is 2.11. The fraction of sp³-hybridized carbons (Fsp3) is 0.267. The molecule has 6 nitrogen and oxygen atoms in total. The van der Waals surface area contributed by atoms with E-state index in [2.05, 4.69) is 10.2 Å². The van der Waals surface area contributed by atoms with Crippen LogP contribution in [0.1, 0.15) is 34.6 Å². The molecule has 2 N–H and O–H groups in total. The Morgan fingerprint density at radius 2 is 2.19 bits per heavy atom. The molecule has 108 valence electrons. The molecule has 0 saturated heterocycles. The summed E-state index contributed by atoms with van der Waals surface area (Å²) in [6.07, 6.45) is 0.759. The van der Waals surface area contributed by atoms with Crippen molar-refractivity contribution in [2.45, 2.75) is 19.3 Å². The summed E-state index contributed by atoms with van der Waals surface area (Å²) in [7, 11) is 0. The van der Waals surface area contributed by atoms with Crippen LogP contribution in [0.3, 0.4) is 0 Å². The number of aryl methyl sites for hydroxylation is 1. The quantitative estimate of drug-likeness (QED) is 0.900. The molecular formula is C15H15N3O3. The van der Waals surface area contributed by atoms with E-state index in [9.17, 15) is 14.7 Å². The predicted molar refractivity (Wildman–Crippen MR) is 76.5 cm³/mol. The molecule has 0 bridgehead atoms. The number of amides is 1. The monoisotopic (exact) mass is 285 g/mol. The summed E-state index contributed by atoms with van der Waals surface area (Å²) in [4.78, 5) is 25.4. The smallest absolute Gasteiger partial charge is 0.312 e. The number of benzene rings is 1. The minimum Gasteiger partial charge on any atom is -0.481 e. The van der Waals surface area contributed by atoms with E-state index in [0.717, 1.165) is 12.1 Å². The van der Waals surface area contributed by atoms with E-state index in [1.807, 2.05) is 6.92 Å². The molecule has 3 rings (SSSR count). The molecule has 1 amide bonds. The Morgan fingerprint density at radius 1 is 1.43 bits per heavy atom. The minimum atomic E-state index is -0.922. The van der Waals surface area contributed by atoms with Gasteiger partial charge in [-0.15, -0.1) is 0 Å². The zero-order valence-electron chi connectivity index (χ0n) is 11.5. The normalized spacial score (nSPS) is 16.8. The third-order valence-corrected chi connectivity index (χ3v) is 3.74. The Balaban J connectivity index is 1.96. The van der Waals surface area contributed by atoms with Crippen LogP contribution >= 0.6 is 0 Å². The van der Waals surface area contributed by atoms with E-state index in [1.54, 1.807) is 30.3 Å².